The van der Waals surface area contributed by atoms with Crippen molar-refractivity contribution in [3.63, 3.8) is 0 Å². The van der Waals surface area contributed by atoms with Crippen molar-refractivity contribution < 1.29 is 53.9 Å². The summed E-state index contributed by atoms with van der Waals surface area (Å²) in [5, 5.41) is 64.0. The third-order valence-electron chi connectivity index (χ3n) is 11.6. The van der Waals surface area contributed by atoms with E-state index in [9.17, 15) is 44.9 Å². The van der Waals surface area contributed by atoms with E-state index in [2.05, 4.69) is 19.2 Å². The maximum atomic E-state index is 12.9. The van der Waals surface area contributed by atoms with Gasteiger partial charge in [-0.3, -0.25) is 13.8 Å². The van der Waals surface area contributed by atoms with Crippen LogP contribution >= 0.6 is 7.82 Å². The quantitative estimate of drug-likeness (QED) is 0.0167. The minimum Gasteiger partial charge on any atom is -0.387 e. The van der Waals surface area contributed by atoms with E-state index in [1.54, 1.807) is 0 Å². The number of aliphatic hydroxyl groups excluding tert-OH is 6. The second-order valence-corrected chi connectivity index (χ2v) is 18.4. The first-order valence-corrected chi connectivity index (χ1v) is 25.1. The van der Waals surface area contributed by atoms with E-state index in [0.29, 0.717) is 6.42 Å². The fourth-order valence-electron chi connectivity index (χ4n) is 7.67. The molecule has 0 radical (unpaired) electrons. The predicted octanol–water partition coefficient (Wildman–Crippen LogP) is 8.84. The van der Waals surface area contributed by atoms with Crippen LogP contribution in [0.3, 0.4) is 0 Å². The monoisotopic (exact) mass is 850 g/mol. The third-order valence-corrected chi connectivity index (χ3v) is 12.6. The van der Waals surface area contributed by atoms with E-state index < -0.39 is 63.2 Å². The van der Waals surface area contributed by atoms with Gasteiger partial charge in [-0.1, -0.05) is 199 Å². The average molecular weight is 850 g/mol. The standard InChI is InChI=1S/C45H88NO11P/c1-3-5-7-9-11-13-15-17-19-20-21-23-25-27-29-31-33-35-39(48)46-37(36-56-58(54,55)57-45-43(52)41(50)40(49)42(51)44(45)53)38(47)34-32-30-28-26-24-22-18-16-14-12-10-8-6-4-2/h32,34,37-38,40-45,47,49-53H,3-31,33,35-36H2,1-2H3,(H,46,48)(H,54,55)/b34-32+/t37-,38+,40?,41+,42?,43?,44?,45?/m0/s1. The Morgan fingerprint density at radius 3 is 1.31 bits per heavy atom. The molecule has 1 rings (SSSR count). The van der Waals surface area contributed by atoms with E-state index in [-0.39, 0.29) is 12.3 Å². The lowest BCUT2D eigenvalue weighted by atomic mass is 9.85. The summed E-state index contributed by atoms with van der Waals surface area (Å²) in [7, 11) is -5.07. The fourth-order valence-corrected chi connectivity index (χ4v) is 8.64. The third kappa shape index (κ3) is 27.1. The van der Waals surface area contributed by atoms with Crippen LogP contribution in [0.15, 0.2) is 12.2 Å². The van der Waals surface area contributed by atoms with Crippen molar-refractivity contribution in [1.29, 1.82) is 0 Å². The molecule has 0 aliphatic heterocycles. The zero-order chi connectivity index (χ0) is 42.9. The van der Waals surface area contributed by atoms with Gasteiger partial charge < -0.3 is 40.8 Å². The number of carbonyl (C=O) groups excluding carboxylic acids is 1. The van der Waals surface area contributed by atoms with Crippen LogP contribution in [0.4, 0.5) is 0 Å². The number of nitrogens with one attached hydrogen (secondary N) is 1. The number of allylic oxidation sites excluding steroid dienone is 1. The molecule has 1 amide bonds. The number of aliphatic hydroxyl groups is 6. The summed E-state index contributed by atoms with van der Waals surface area (Å²) in [5.41, 5.74) is 0. The van der Waals surface area contributed by atoms with Crippen molar-refractivity contribution in [3.8, 4) is 0 Å². The molecule has 1 aliphatic carbocycles. The lowest BCUT2D eigenvalue weighted by Crippen LogP contribution is -2.64. The van der Waals surface area contributed by atoms with Crippen molar-refractivity contribution in [3.05, 3.63) is 12.2 Å². The van der Waals surface area contributed by atoms with Crippen LogP contribution in [0.2, 0.25) is 0 Å². The molecule has 1 saturated carbocycles. The van der Waals surface area contributed by atoms with E-state index >= 15 is 0 Å². The molecule has 8 N–H and O–H groups in total. The van der Waals surface area contributed by atoms with Crippen LogP contribution in [0.25, 0.3) is 0 Å². The topological polar surface area (TPSA) is 206 Å². The summed E-state index contributed by atoms with van der Waals surface area (Å²) in [6.45, 7) is 3.85. The van der Waals surface area contributed by atoms with Crippen LogP contribution in [0, 0.1) is 0 Å². The molecular weight excluding hydrogens is 761 g/mol. The van der Waals surface area contributed by atoms with Crippen LogP contribution in [-0.2, 0) is 18.4 Å². The van der Waals surface area contributed by atoms with E-state index in [1.807, 2.05) is 6.08 Å². The summed E-state index contributed by atoms with van der Waals surface area (Å²) < 4.78 is 22.9. The molecule has 0 aromatic heterocycles. The van der Waals surface area contributed by atoms with Gasteiger partial charge in [-0.25, -0.2) is 4.57 Å². The second-order valence-electron chi connectivity index (χ2n) is 17.0. The Hall–Kier alpha value is -0.920. The van der Waals surface area contributed by atoms with Gasteiger partial charge in [-0.05, 0) is 19.3 Å². The molecule has 0 bridgehead atoms. The van der Waals surface area contributed by atoms with Crippen LogP contribution in [0.1, 0.15) is 213 Å². The highest BCUT2D eigenvalue weighted by Crippen LogP contribution is 2.47. The first kappa shape index (κ1) is 55.1. The number of rotatable bonds is 39. The molecule has 6 unspecified atom stereocenters. The van der Waals surface area contributed by atoms with Gasteiger partial charge in [0.15, 0.2) is 0 Å². The number of hydrogen-bond donors (Lipinski definition) is 8. The molecule has 1 aliphatic rings. The highest BCUT2D eigenvalue weighted by Gasteiger charge is 2.51. The van der Waals surface area contributed by atoms with Crippen LogP contribution < -0.4 is 5.32 Å². The Bertz CT molecular complexity index is 1040. The molecule has 344 valence electrons. The van der Waals surface area contributed by atoms with E-state index in [4.69, 9.17) is 9.05 Å². The molecule has 0 aromatic carbocycles. The Morgan fingerprint density at radius 1 is 0.569 bits per heavy atom. The lowest BCUT2D eigenvalue weighted by Gasteiger charge is -2.41. The molecule has 58 heavy (non-hydrogen) atoms. The first-order chi connectivity index (χ1) is 27.9. The van der Waals surface area contributed by atoms with Crippen molar-refractivity contribution in [2.75, 3.05) is 6.61 Å². The van der Waals surface area contributed by atoms with Gasteiger partial charge in [0, 0.05) is 6.42 Å². The zero-order valence-corrected chi connectivity index (χ0v) is 37.5. The summed E-state index contributed by atoms with van der Waals surface area (Å²) in [5.74, 6) is -0.338. The number of carbonyl (C=O) groups is 1. The van der Waals surface area contributed by atoms with Gasteiger partial charge in [-0.2, -0.15) is 0 Å². The number of phosphoric acid groups is 1. The molecule has 0 spiro atoms. The minimum atomic E-state index is -5.07. The molecule has 13 heteroatoms. The predicted molar refractivity (Wildman–Crippen MR) is 232 cm³/mol. The zero-order valence-electron chi connectivity index (χ0n) is 36.6. The van der Waals surface area contributed by atoms with Gasteiger partial charge >= 0.3 is 7.82 Å². The number of unbranched alkanes of at least 4 members (excludes halogenated alkanes) is 28. The molecule has 0 saturated heterocycles. The normalized spacial score (nSPS) is 23.3. The highest BCUT2D eigenvalue weighted by atomic mass is 31.2. The summed E-state index contributed by atoms with van der Waals surface area (Å²) in [6, 6.07) is -1.11. The van der Waals surface area contributed by atoms with E-state index in [0.717, 1.165) is 44.9 Å². The summed E-state index contributed by atoms with van der Waals surface area (Å²) in [4.78, 5) is 23.4. The SMILES string of the molecule is CCCCCCCCCCCCCC/C=C/[C@@H](O)[C@H](COP(=O)(O)OC1C(O)C(O)C(O)[C@@H](O)C1O)NC(=O)CCCCCCCCCCCCCCCCCCC. The first-order valence-electron chi connectivity index (χ1n) is 23.6. The van der Waals surface area contributed by atoms with Crippen LogP contribution in [-0.4, -0.2) is 96.8 Å². The largest absolute Gasteiger partial charge is 0.472 e. The number of hydrogen-bond acceptors (Lipinski definition) is 10. The molecule has 0 aromatic rings. The van der Waals surface area contributed by atoms with Gasteiger partial charge in [0.1, 0.15) is 36.6 Å². The minimum absolute atomic E-state index is 0.218. The van der Waals surface area contributed by atoms with Crippen LogP contribution in [0.5, 0.6) is 0 Å². The van der Waals surface area contributed by atoms with Gasteiger partial charge in [0.05, 0.1) is 18.8 Å². The second kappa shape index (κ2) is 35.7. The molecule has 12 nitrogen and oxygen atoms in total. The van der Waals surface area contributed by atoms with Crippen molar-refractivity contribution in [2.45, 2.75) is 262 Å². The van der Waals surface area contributed by atoms with E-state index in [1.165, 1.54) is 147 Å². The average Bonchev–Trinajstić information content (AvgIpc) is 3.20. The maximum Gasteiger partial charge on any atom is 0.472 e. The number of phosphoric ester groups is 1. The van der Waals surface area contributed by atoms with Gasteiger partial charge in [0.2, 0.25) is 5.91 Å². The van der Waals surface area contributed by atoms with Crippen molar-refractivity contribution >= 4 is 13.7 Å². The van der Waals surface area contributed by atoms with Crippen molar-refractivity contribution in [1.82, 2.24) is 5.32 Å². The Labute approximate surface area is 352 Å². The maximum absolute atomic E-state index is 12.9. The molecular formula is C45H88NO11P. The fraction of sp³-hybridized carbons (Fsp3) is 0.933. The van der Waals surface area contributed by atoms with Crippen molar-refractivity contribution in [2.24, 2.45) is 0 Å². The molecule has 0 heterocycles. The lowest BCUT2D eigenvalue weighted by molar-refractivity contribution is -0.220. The molecule has 1 fully saturated rings. The Balaban J connectivity index is 2.48. The Kier molecular flexibility index (Phi) is 33.9. The number of amides is 1. The smallest absolute Gasteiger partial charge is 0.387 e. The summed E-state index contributed by atoms with van der Waals surface area (Å²) in [6.07, 6.45) is 27.1. The highest BCUT2D eigenvalue weighted by molar-refractivity contribution is 7.47. The van der Waals surface area contributed by atoms with Gasteiger partial charge in [0.25, 0.3) is 0 Å². The Morgan fingerprint density at radius 2 is 0.914 bits per heavy atom. The van der Waals surface area contributed by atoms with Gasteiger partial charge in [-0.15, -0.1) is 0 Å². The summed E-state index contributed by atoms with van der Waals surface area (Å²) >= 11 is 0. The molecule has 9 atom stereocenters.